The Morgan fingerprint density at radius 3 is 1.94 bits per heavy atom. The van der Waals surface area contributed by atoms with Gasteiger partial charge < -0.3 is 0 Å². The van der Waals surface area contributed by atoms with E-state index in [9.17, 15) is 22.0 Å². The van der Waals surface area contributed by atoms with E-state index in [1.807, 2.05) is 6.07 Å². The summed E-state index contributed by atoms with van der Waals surface area (Å²) in [4.78, 5) is 0. The van der Waals surface area contributed by atoms with Gasteiger partial charge in [-0.3, -0.25) is 0 Å². The molecular formula is C30H23F5. The summed E-state index contributed by atoms with van der Waals surface area (Å²) in [5.41, 5.74) is 1.87. The van der Waals surface area contributed by atoms with Gasteiger partial charge in [0.05, 0.1) is 5.56 Å². The maximum absolute atomic E-state index is 14.6. The SMILES string of the molecule is CCCCc1ccc(CCc2cc(F)c(C#Cc3ccc4cc(F)c(F)cc4c3)c(F)c2)c(F)c1. The first-order valence-electron chi connectivity index (χ1n) is 11.5. The Kier molecular flexibility index (Phi) is 7.51. The largest absolute Gasteiger partial charge is 0.207 e. The van der Waals surface area contributed by atoms with E-state index < -0.39 is 23.3 Å². The lowest BCUT2D eigenvalue weighted by Crippen LogP contribution is -2.00. The molecule has 0 aliphatic heterocycles. The lowest BCUT2D eigenvalue weighted by atomic mass is 9.99. The molecule has 4 rings (SSSR count). The summed E-state index contributed by atoms with van der Waals surface area (Å²) < 4.78 is 70.5. The van der Waals surface area contributed by atoms with E-state index in [2.05, 4.69) is 18.8 Å². The second-order valence-electron chi connectivity index (χ2n) is 8.54. The predicted octanol–water partition coefficient (Wildman–Crippen LogP) is 8.06. The van der Waals surface area contributed by atoms with Gasteiger partial charge in [-0.15, -0.1) is 0 Å². The zero-order chi connectivity index (χ0) is 24.9. The number of aryl methyl sites for hydroxylation is 3. The van der Waals surface area contributed by atoms with Crippen molar-refractivity contribution >= 4 is 10.8 Å². The number of halogens is 5. The Morgan fingerprint density at radius 1 is 0.571 bits per heavy atom. The van der Waals surface area contributed by atoms with Gasteiger partial charge in [0.25, 0.3) is 0 Å². The van der Waals surface area contributed by atoms with Crippen molar-refractivity contribution in [3.8, 4) is 11.8 Å². The molecule has 0 radical (unpaired) electrons. The number of hydrogen-bond acceptors (Lipinski definition) is 0. The first-order valence-corrected chi connectivity index (χ1v) is 11.5. The van der Waals surface area contributed by atoms with Crippen LogP contribution in [0.5, 0.6) is 0 Å². The lowest BCUT2D eigenvalue weighted by Gasteiger charge is -2.08. The minimum atomic E-state index is -0.984. The maximum Gasteiger partial charge on any atom is 0.159 e. The molecule has 0 aliphatic carbocycles. The van der Waals surface area contributed by atoms with Crippen molar-refractivity contribution in [1.82, 2.24) is 0 Å². The summed E-state index contributed by atoms with van der Waals surface area (Å²) in [5.74, 6) is 1.31. The van der Waals surface area contributed by atoms with Gasteiger partial charge in [-0.25, -0.2) is 22.0 Å². The van der Waals surface area contributed by atoms with Crippen LogP contribution in [0.1, 0.15) is 47.6 Å². The number of unbranched alkanes of at least 4 members (excludes halogenated alkanes) is 1. The van der Waals surface area contributed by atoms with Crippen LogP contribution in [0.25, 0.3) is 10.8 Å². The molecule has 178 valence electrons. The molecule has 4 aromatic rings. The van der Waals surface area contributed by atoms with Gasteiger partial charge in [0.1, 0.15) is 17.5 Å². The van der Waals surface area contributed by atoms with Gasteiger partial charge in [0.15, 0.2) is 11.6 Å². The van der Waals surface area contributed by atoms with Crippen LogP contribution in [0.4, 0.5) is 22.0 Å². The van der Waals surface area contributed by atoms with E-state index in [0.29, 0.717) is 33.9 Å². The molecule has 0 heterocycles. The predicted molar refractivity (Wildman–Crippen MR) is 129 cm³/mol. The molecular weight excluding hydrogens is 455 g/mol. The average molecular weight is 479 g/mol. The summed E-state index contributed by atoms with van der Waals surface area (Å²) in [6.07, 6.45) is 3.44. The number of rotatable bonds is 6. The van der Waals surface area contributed by atoms with Crippen molar-refractivity contribution < 1.29 is 22.0 Å². The van der Waals surface area contributed by atoms with E-state index in [1.165, 1.54) is 24.3 Å². The molecule has 4 aromatic carbocycles. The maximum atomic E-state index is 14.6. The minimum absolute atomic E-state index is 0.277. The Hall–Kier alpha value is -3.65. The Balaban J connectivity index is 1.49. The molecule has 35 heavy (non-hydrogen) atoms. The molecule has 0 nitrogen and oxygen atoms in total. The molecule has 0 aliphatic rings. The van der Waals surface area contributed by atoms with Crippen molar-refractivity contribution in [2.75, 3.05) is 0 Å². The summed E-state index contributed by atoms with van der Waals surface area (Å²) >= 11 is 0. The monoisotopic (exact) mass is 478 g/mol. The van der Waals surface area contributed by atoms with E-state index in [-0.39, 0.29) is 17.8 Å². The van der Waals surface area contributed by atoms with Crippen LogP contribution in [0.2, 0.25) is 0 Å². The molecule has 0 atom stereocenters. The van der Waals surface area contributed by atoms with Crippen LogP contribution in [-0.4, -0.2) is 0 Å². The second kappa shape index (κ2) is 10.7. The van der Waals surface area contributed by atoms with E-state index in [0.717, 1.165) is 37.0 Å². The molecule has 0 fully saturated rings. The van der Waals surface area contributed by atoms with Gasteiger partial charge in [0, 0.05) is 5.56 Å². The van der Waals surface area contributed by atoms with Crippen molar-refractivity contribution in [3.63, 3.8) is 0 Å². The molecule has 0 N–H and O–H groups in total. The minimum Gasteiger partial charge on any atom is -0.207 e. The fourth-order valence-electron chi connectivity index (χ4n) is 3.95. The first-order chi connectivity index (χ1) is 16.8. The van der Waals surface area contributed by atoms with Gasteiger partial charge in [-0.2, -0.15) is 0 Å². The first kappa shape index (κ1) is 24.5. The summed E-state index contributed by atoms with van der Waals surface area (Å²) in [5, 5.41) is 0.917. The lowest BCUT2D eigenvalue weighted by molar-refractivity contribution is 0.511. The third-order valence-corrected chi connectivity index (χ3v) is 5.93. The van der Waals surface area contributed by atoms with Crippen LogP contribution in [0.3, 0.4) is 0 Å². The number of fused-ring (bicyclic) bond motifs is 1. The molecule has 0 bridgehead atoms. The van der Waals surface area contributed by atoms with Crippen LogP contribution in [0.15, 0.2) is 60.7 Å². The summed E-state index contributed by atoms with van der Waals surface area (Å²) in [6, 6.07) is 14.4. The van der Waals surface area contributed by atoms with Crippen molar-refractivity contribution in [2.45, 2.75) is 39.0 Å². The van der Waals surface area contributed by atoms with Gasteiger partial charge in [-0.1, -0.05) is 43.4 Å². The molecule has 5 heteroatoms. The topological polar surface area (TPSA) is 0 Å². The van der Waals surface area contributed by atoms with Gasteiger partial charge in [-0.05, 0) is 95.6 Å². The number of hydrogen-bond donors (Lipinski definition) is 0. The summed E-state index contributed by atoms with van der Waals surface area (Å²) in [7, 11) is 0. The smallest absolute Gasteiger partial charge is 0.159 e. The van der Waals surface area contributed by atoms with Crippen LogP contribution >= 0.6 is 0 Å². The van der Waals surface area contributed by atoms with E-state index in [1.54, 1.807) is 18.2 Å². The Labute approximate surface area is 201 Å². The van der Waals surface area contributed by atoms with Crippen molar-refractivity contribution in [1.29, 1.82) is 0 Å². The number of benzene rings is 4. The van der Waals surface area contributed by atoms with Crippen LogP contribution in [0, 0.1) is 40.9 Å². The standard InChI is InChI=1S/C30H23F5/c1-2-3-4-19-5-9-22(26(31)14-19)10-7-21-15-27(32)25(28(33)16-21)12-8-20-6-11-23-17-29(34)30(35)18-24(23)13-20/h5-6,9,11,13-18H,2-4,7,10H2,1H3. The quantitative estimate of drug-likeness (QED) is 0.194. The fourth-order valence-corrected chi connectivity index (χ4v) is 3.95. The molecule has 0 unspecified atom stereocenters. The van der Waals surface area contributed by atoms with E-state index >= 15 is 0 Å². The van der Waals surface area contributed by atoms with E-state index in [4.69, 9.17) is 0 Å². The second-order valence-corrected chi connectivity index (χ2v) is 8.54. The Bertz CT molecular complexity index is 1420. The van der Waals surface area contributed by atoms with Crippen molar-refractivity contribution in [3.05, 3.63) is 118 Å². The third-order valence-electron chi connectivity index (χ3n) is 5.93. The zero-order valence-corrected chi connectivity index (χ0v) is 19.2. The van der Waals surface area contributed by atoms with Crippen LogP contribution < -0.4 is 0 Å². The normalized spacial score (nSPS) is 10.9. The van der Waals surface area contributed by atoms with Crippen molar-refractivity contribution in [2.24, 2.45) is 0 Å². The molecule has 0 saturated carbocycles. The third kappa shape index (κ3) is 5.89. The summed E-state index contributed by atoms with van der Waals surface area (Å²) in [6.45, 7) is 2.08. The van der Waals surface area contributed by atoms with Gasteiger partial charge in [0.2, 0.25) is 0 Å². The highest BCUT2D eigenvalue weighted by Crippen LogP contribution is 2.21. The highest BCUT2D eigenvalue weighted by molar-refractivity contribution is 5.84. The van der Waals surface area contributed by atoms with Crippen LogP contribution in [-0.2, 0) is 19.3 Å². The highest BCUT2D eigenvalue weighted by Gasteiger charge is 2.11. The fraction of sp³-hybridized carbons (Fsp3) is 0.200. The molecule has 0 amide bonds. The molecule has 0 saturated heterocycles. The molecule has 0 spiro atoms. The average Bonchev–Trinajstić information content (AvgIpc) is 2.82. The van der Waals surface area contributed by atoms with Gasteiger partial charge >= 0.3 is 0 Å². The Morgan fingerprint density at radius 2 is 1.26 bits per heavy atom. The highest BCUT2D eigenvalue weighted by atomic mass is 19.2. The molecule has 0 aromatic heterocycles. The zero-order valence-electron chi connectivity index (χ0n) is 19.2.